The Kier molecular flexibility index (Phi) is 10.7. The van der Waals surface area contributed by atoms with Crippen LogP contribution >= 0.6 is 7.60 Å². The van der Waals surface area contributed by atoms with E-state index in [2.05, 4.69) is 4.98 Å². The second-order valence-corrected chi connectivity index (χ2v) is 11.9. The molecular weight excluding hydrogens is 655 g/mol. The Morgan fingerprint density at radius 1 is 0.870 bits per heavy atom. The van der Waals surface area contributed by atoms with E-state index in [0.29, 0.717) is 5.56 Å². The van der Waals surface area contributed by atoms with Gasteiger partial charge in [-0.05, 0) is 55.9 Å². The average molecular weight is 681 g/mol. The lowest BCUT2D eigenvalue weighted by atomic mass is 10.0. The minimum atomic E-state index is -5.07. The molecule has 0 saturated heterocycles. The molecule has 46 heavy (non-hydrogen) atoms. The maximum absolute atomic E-state index is 14.5. The first-order chi connectivity index (χ1) is 21.6. The molecule has 0 spiro atoms. The van der Waals surface area contributed by atoms with E-state index < -0.39 is 56.4 Å². The van der Waals surface area contributed by atoms with Gasteiger partial charge in [0.05, 0.1) is 19.6 Å². The molecule has 2 heterocycles. The Bertz CT molecular complexity index is 1650. The lowest BCUT2D eigenvalue weighted by Gasteiger charge is -2.25. The van der Waals surface area contributed by atoms with E-state index in [0.717, 1.165) is 6.07 Å². The van der Waals surface area contributed by atoms with Crippen molar-refractivity contribution >= 4 is 41.8 Å². The highest BCUT2D eigenvalue weighted by atomic mass is 31.2. The number of aromatic nitrogens is 1. The third-order valence-electron chi connectivity index (χ3n) is 6.49. The third-order valence-corrected chi connectivity index (χ3v) is 8.49. The van der Waals surface area contributed by atoms with Crippen LogP contribution in [0.1, 0.15) is 37.7 Å². The summed E-state index contributed by atoms with van der Waals surface area (Å²) in [6.07, 6.45) is -10.2. The van der Waals surface area contributed by atoms with Crippen LogP contribution in [0.3, 0.4) is 0 Å². The summed E-state index contributed by atoms with van der Waals surface area (Å²) in [6, 6.07) is 5.31. The number of hydrogen-bond donors (Lipinski definition) is 2. The van der Waals surface area contributed by atoms with Gasteiger partial charge in [0.2, 0.25) is 0 Å². The zero-order valence-corrected chi connectivity index (χ0v) is 24.6. The quantitative estimate of drug-likeness (QED) is 0.0676. The number of fused-ring (bicyclic) bond motifs is 3. The summed E-state index contributed by atoms with van der Waals surface area (Å²) in [5.41, 5.74) is 0.139. The number of esters is 1. The fourth-order valence-corrected chi connectivity index (χ4v) is 6.23. The monoisotopic (exact) mass is 681 g/mol. The van der Waals surface area contributed by atoms with Crippen molar-refractivity contribution in [3.8, 4) is 17.2 Å². The smallest absolute Gasteiger partial charge is 0.452 e. The van der Waals surface area contributed by atoms with Crippen LogP contribution in [0, 0.1) is 0 Å². The van der Waals surface area contributed by atoms with Gasteiger partial charge in [-0.2, -0.15) is 26.3 Å². The first-order valence-corrected chi connectivity index (χ1v) is 15.3. The Morgan fingerprint density at radius 3 is 2.02 bits per heavy atom. The Balaban J connectivity index is 1.63. The normalized spacial score (nSPS) is 13.8. The third kappa shape index (κ3) is 8.61. The molecule has 0 aromatic heterocycles. The van der Waals surface area contributed by atoms with Gasteiger partial charge >= 0.3 is 37.7 Å². The molecule has 0 radical (unpaired) electrons. The van der Waals surface area contributed by atoms with Gasteiger partial charge < -0.3 is 28.8 Å². The van der Waals surface area contributed by atoms with Crippen molar-refractivity contribution in [1.82, 2.24) is 15.6 Å². The lowest BCUT2D eigenvalue weighted by molar-refractivity contribution is -0.173. The van der Waals surface area contributed by atoms with E-state index in [4.69, 9.17) is 18.2 Å². The summed E-state index contributed by atoms with van der Waals surface area (Å²) in [7, 11) is -4.61. The van der Waals surface area contributed by atoms with E-state index in [9.17, 15) is 50.1 Å². The van der Waals surface area contributed by atoms with E-state index >= 15 is 0 Å². The van der Waals surface area contributed by atoms with Crippen LogP contribution in [-0.4, -0.2) is 61.4 Å². The number of hydrogen-bond acceptors (Lipinski definition) is 10. The van der Waals surface area contributed by atoms with E-state index in [1.807, 2.05) is 0 Å². The summed E-state index contributed by atoms with van der Waals surface area (Å²) >= 11 is 0. The molecular formula is C27H26F6N3O9P. The van der Waals surface area contributed by atoms with Crippen molar-refractivity contribution in [1.29, 1.82) is 0 Å². The standard InChI is InChI=1S/C27H26F6N3O9P/c28-26(29,30)24(39)34-9-1-3-11-42-46(41,43-12-4-2-10-35-25(40)27(31,32)33)23-21-15(5-8-20(38)45-21)13-18-22(23)44-19-14-16(37)6-7-17(19)36-18/h6-7,13-14H,1-5,8-12H2,(H,34,39)(H,35,40). The Morgan fingerprint density at radius 2 is 1.46 bits per heavy atom. The highest BCUT2D eigenvalue weighted by Gasteiger charge is 2.41. The number of aryl methyl sites for hydroxylation is 1. The SMILES string of the molecule is O=C1CCc2cc3nc4ccc(=O)cc-4oc3c(P(=O)(OCCCCNC(=O)C(F)(F)F)OCCCCNC(=O)C(F)(F)F)c2O1. The van der Waals surface area contributed by atoms with Gasteiger partial charge in [-0.25, -0.2) is 4.98 Å². The molecule has 4 rings (SSSR count). The number of rotatable bonds is 13. The number of carbonyl (C=O) groups is 3. The van der Waals surface area contributed by atoms with Gasteiger partial charge in [0.25, 0.3) is 0 Å². The molecule has 3 aliphatic rings. The first kappa shape index (κ1) is 34.8. The van der Waals surface area contributed by atoms with Crippen molar-refractivity contribution in [3.63, 3.8) is 0 Å². The second-order valence-electron chi connectivity index (χ2n) is 9.96. The molecule has 250 valence electrons. The summed E-state index contributed by atoms with van der Waals surface area (Å²) in [5.74, 6) is -5.18. The number of unbranched alkanes of at least 4 members (excludes halogenated alkanes) is 2. The van der Waals surface area contributed by atoms with E-state index in [1.54, 1.807) is 10.6 Å². The summed E-state index contributed by atoms with van der Waals surface area (Å²) in [6.45, 7) is -1.57. The number of alkyl halides is 6. The molecule has 1 aliphatic carbocycles. The van der Waals surface area contributed by atoms with Gasteiger partial charge in [-0.3, -0.25) is 23.7 Å². The van der Waals surface area contributed by atoms with Gasteiger partial charge in [0, 0.05) is 19.2 Å². The highest BCUT2D eigenvalue weighted by molar-refractivity contribution is 7.63. The molecule has 12 nitrogen and oxygen atoms in total. The summed E-state index contributed by atoms with van der Waals surface area (Å²) < 4.78 is 112. The van der Waals surface area contributed by atoms with Crippen LogP contribution in [-0.2, 0) is 34.4 Å². The number of nitrogens with one attached hydrogen (secondary N) is 2. The van der Waals surface area contributed by atoms with Crippen LogP contribution in [0.5, 0.6) is 5.75 Å². The predicted octanol–water partition coefficient (Wildman–Crippen LogP) is 3.91. The molecule has 1 aromatic rings. The molecule has 19 heteroatoms. The first-order valence-electron chi connectivity index (χ1n) is 13.8. The van der Waals surface area contributed by atoms with Crippen LogP contribution in [0.4, 0.5) is 26.3 Å². The number of halogens is 6. The molecule has 0 saturated carbocycles. The average Bonchev–Trinajstić information content (AvgIpc) is 2.97. The lowest BCUT2D eigenvalue weighted by Crippen LogP contribution is -2.37. The van der Waals surface area contributed by atoms with Gasteiger partial charge in [0.1, 0.15) is 11.2 Å². The topological polar surface area (TPSA) is 163 Å². The minimum absolute atomic E-state index is 0.0179. The number of ether oxygens (including phenoxy) is 1. The van der Waals surface area contributed by atoms with Crippen molar-refractivity contribution < 1.29 is 63.5 Å². The van der Waals surface area contributed by atoms with Gasteiger partial charge in [-0.15, -0.1) is 0 Å². The fraction of sp³-hybridized carbons (Fsp3) is 0.444. The number of benzene rings is 2. The van der Waals surface area contributed by atoms with Gasteiger partial charge in [0.15, 0.2) is 27.8 Å². The molecule has 2 aliphatic heterocycles. The molecule has 0 bridgehead atoms. The highest BCUT2D eigenvalue weighted by Crippen LogP contribution is 2.53. The minimum Gasteiger partial charge on any atom is -0.452 e. The van der Waals surface area contributed by atoms with Gasteiger partial charge in [-0.1, -0.05) is 0 Å². The predicted molar refractivity (Wildman–Crippen MR) is 147 cm³/mol. The second kappa shape index (κ2) is 14.2. The van der Waals surface area contributed by atoms with Crippen molar-refractivity contribution in [2.45, 2.75) is 50.9 Å². The molecule has 1 aromatic carbocycles. The fourth-order valence-electron chi connectivity index (χ4n) is 4.31. The Hall–Kier alpha value is -4.02. The number of nitrogens with zero attached hydrogens (tertiary/aromatic N) is 1. The van der Waals surface area contributed by atoms with Crippen LogP contribution in [0.25, 0.3) is 22.6 Å². The van der Waals surface area contributed by atoms with E-state index in [-0.39, 0.29) is 85.2 Å². The Labute approximate surface area is 255 Å². The van der Waals surface area contributed by atoms with Crippen LogP contribution < -0.4 is 26.1 Å². The zero-order valence-electron chi connectivity index (χ0n) is 23.7. The summed E-state index contributed by atoms with van der Waals surface area (Å²) in [5, 5.41) is 3.02. The zero-order chi connectivity index (χ0) is 33.7. The van der Waals surface area contributed by atoms with Crippen LogP contribution in [0.2, 0.25) is 0 Å². The molecule has 2 amide bonds. The van der Waals surface area contributed by atoms with Crippen molar-refractivity contribution in [3.05, 3.63) is 40.1 Å². The van der Waals surface area contributed by atoms with Crippen molar-refractivity contribution in [2.24, 2.45) is 0 Å². The molecule has 0 fully saturated rings. The number of amides is 2. The van der Waals surface area contributed by atoms with Crippen molar-refractivity contribution in [2.75, 3.05) is 26.3 Å². The largest absolute Gasteiger partial charge is 0.471 e. The summed E-state index contributed by atoms with van der Waals surface area (Å²) in [4.78, 5) is 50.8. The maximum Gasteiger partial charge on any atom is 0.471 e. The maximum atomic E-state index is 14.5. The van der Waals surface area contributed by atoms with E-state index in [1.165, 1.54) is 18.2 Å². The molecule has 2 N–H and O–H groups in total. The molecule has 0 unspecified atom stereocenters. The van der Waals surface area contributed by atoms with Crippen LogP contribution in [0.15, 0.2) is 33.5 Å². The number of carbonyl (C=O) groups excluding carboxylic acids is 3. The molecule has 0 atom stereocenters.